The van der Waals surface area contributed by atoms with Crippen LogP contribution >= 0.6 is 0 Å². The largest absolute Gasteiger partial charge is 0.378 e. The number of aromatic nitrogens is 3. The standard InChI is InChI=1S/C34H34N6O/c1-38(2)29-10-5-26(6-11-29)22-31(41)21-25-3-7-27(8-4-25)28-9-12-32-33(23-28)37-34(24-36-32)40-19-17-39(18-20-40)30-13-15-35-16-14-30/h3-16,23-24H,17-22H2,1-2H3. The predicted octanol–water partition coefficient (Wildman–Crippen LogP) is 5.44. The molecule has 0 bridgehead atoms. The summed E-state index contributed by atoms with van der Waals surface area (Å²) < 4.78 is 0. The van der Waals surface area contributed by atoms with Crippen molar-refractivity contribution in [1.82, 2.24) is 15.0 Å². The molecular weight excluding hydrogens is 508 g/mol. The number of ketones is 1. The first-order valence-electron chi connectivity index (χ1n) is 14.1. The lowest BCUT2D eigenvalue weighted by Gasteiger charge is -2.36. The van der Waals surface area contributed by atoms with Gasteiger partial charge in [0.15, 0.2) is 0 Å². The highest BCUT2D eigenvalue weighted by Crippen LogP contribution is 2.26. The summed E-state index contributed by atoms with van der Waals surface area (Å²) in [7, 11) is 4.03. The molecule has 0 saturated carbocycles. The molecule has 206 valence electrons. The van der Waals surface area contributed by atoms with Crippen LogP contribution in [0.4, 0.5) is 17.2 Å². The van der Waals surface area contributed by atoms with Gasteiger partial charge in [0.05, 0.1) is 17.2 Å². The van der Waals surface area contributed by atoms with Gasteiger partial charge in [-0.1, -0.05) is 42.5 Å². The zero-order chi connectivity index (χ0) is 28.2. The number of hydrogen-bond acceptors (Lipinski definition) is 7. The van der Waals surface area contributed by atoms with E-state index in [1.807, 2.05) is 50.9 Å². The minimum absolute atomic E-state index is 0.213. The van der Waals surface area contributed by atoms with Gasteiger partial charge in [-0.3, -0.25) is 14.8 Å². The van der Waals surface area contributed by atoms with Crippen LogP contribution in [0.15, 0.2) is 97.5 Å². The molecule has 2 aromatic heterocycles. The van der Waals surface area contributed by atoms with Crippen molar-refractivity contribution in [2.24, 2.45) is 0 Å². The van der Waals surface area contributed by atoms with E-state index in [4.69, 9.17) is 9.97 Å². The lowest BCUT2D eigenvalue weighted by atomic mass is 9.99. The molecular formula is C34H34N6O. The van der Waals surface area contributed by atoms with Gasteiger partial charge in [-0.2, -0.15) is 0 Å². The van der Waals surface area contributed by atoms with Crippen LogP contribution in [0.5, 0.6) is 0 Å². The van der Waals surface area contributed by atoms with E-state index >= 15 is 0 Å². The van der Waals surface area contributed by atoms with E-state index in [9.17, 15) is 4.79 Å². The number of nitrogens with zero attached hydrogens (tertiary/aromatic N) is 6. The van der Waals surface area contributed by atoms with Crippen LogP contribution in [-0.2, 0) is 17.6 Å². The molecule has 6 rings (SSSR count). The number of piperazine rings is 1. The van der Waals surface area contributed by atoms with E-state index in [1.54, 1.807) is 0 Å². The molecule has 0 radical (unpaired) electrons. The lowest BCUT2D eigenvalue weighted by Crippen LogP contribution is -2.46. The number of benzene rings is 3. The van der Waals surface area contributed by atoms with E-state index in [-0.39, 0.29) is 5.78 Å². The molecule has 7 nitrogen and oxygen atoms in total. The Kier molecular flexibility index (Phi) is 7.58. The highest BCUT2D eigenvalue weighted by molar-refractivity contribution is 5.84. The lowest BCUT2D eigenvalue weighted by molar-refractivity contribution is -0.117. The van der Waals surface area contributed by atoms with Crippen LogP contribution in [0.1, 0.15) is 11.1 Å². The third kappa shape index (κ3) is 6.19. The molecule has 41 heavy (non-hydrogen) atoms. The fraction of sp³-hybridized carbons (Fsp3) is 0.235. The Balaban J connectivity index is 1.10. The Morgan fingerprint density at radius 2 is 1.34 bits per heavy atom. The Hall–Kier alpha value is -4.78. The van der Waals surface area contributed by atoms with E-state index < -0.39 is 0 Å². The second-order valence-corrected chi connectivity index (χ2v) is 10.8. The van der Waals surface area contributed by atoms with E-state index in [0.717, 1.165) is 71.0 Å². The highest BCUT2D eigenvalue weighted by Gasteiger charge is 2.19. The Bertz CT molecular complexity index is 1630. The van der Waals surface area contributed by atoms with Crippen molar-refractivity contribution in [2.45, 2.75) is 12.8 Å². The normalized spacial score (nSPS) is 13.4. The molecule has 0 unspecified atom stereocenters. The van der Waals surface area contributed by atoms with Crippen LogP contribution in [0.3, 0.4) is 0 Å². The summed E-state index contributed by atoms with van der Waals surface area (Å²) >= 11 is 0. The third-order valence-corrected chi connectivity index (χ3v) is 7.70. The number of anilines is 3. The smallest absolute Gasteiger partial charge is 0.147 e. The molecule has 0 N–H and O–H groups in total. The van der Waals surface area contributed by atoms with Gasteiger partial charge in [-0.15, -0.1) is 0 Å². The average Bonchev–Trinajstić information content (AvgIpc) is 3.01. The van der Waals surface area contributed by atoms with Gasteiger partial charge in [0.2, 0.25) is 0 Å². The fourth-order valence-corrected chi connectivity index (χ4v) is 5.33. The Morgan fingerprint density at radius 1 is 0.732 bits per heavy atom. The minimum atomic E-state index is 0.213. The molecule has 3 heterocycles. The fourth-order valence-electron chi connectivity index (χ4n) is 5.33. The number of carbonyl (C=O) groups excluding carboxylic acids is 1. The van der Waals surface area contributed by atoms with Crippen molar-refractivity contribution in [2.75, 3.05) is 55.0 Å². The maximum absolute atomic E-state index is 12.7. The molecule has 7 heteroatoms. The van der Waals surface area contributed by atoms with Gasteiger partial charge in [0.25, 0.3) is 0 Å². The van der Waals surface area contributed by atoms with Crippen LogP contribution < -0.4 is 14.7 Å². The zero-order valence-electron chi connectivity index (χ0n) is 23.6. The van der Waals surface area contributed by atoms with E-state index in [2.05, 4.69) is 80.3 Å². The van der Waals surface area contributed by atoms with Crippen molar-refractivity contribution < 1.29 is 4.79 Å². The van der Waals surface area contributed by atoms with Gasteiger partial charge >= 0.3 is 0 Å². The van der Waals surface area contributed by atoms with Gasteiger partial charge in [0, 0.05) is 76.9 Å². The first kappa shape index (κ1) is 26.4. The summed E-state index contributed by atoms with van der Waals surface area (Å²) in [6.45, 7) is 3.65. The average molecular weight is 543 g/mol. The molecule has 0 spiro atoms. The van der Waals surface area contributed by atoms with Crippen LogP contribution in [-0.4, -0.2) is 61.0 Å². The first-order chi connectivity index (χ1) is 20.0. The Morgan fingerprint density at radius 3 is 2.00 bits per heavy atom. The van der Waals surface area contributed by atoms with Crippen LogP contribution in [0.2, 0.25) is 0 Å². The quantitative estimate of drug-likeness (QED) is 0.259. The van der Waals surface area contributed by atoms with Gasteiger partial charge < -0.3 is 14.7 Å². The molecule has 1 saturated heterocycles. The van der Waals surface area contributed by atoms with Crippen molar-refractivity contribution in [1.29, 1.82) is 0 Å². The first-order valence-corrected chi connectivity index (χ1v) is 14.1. The number of pyridine rings is 1. The number of Topliss-reactive ketones (excluding diaryl/α,β-unsaturated/α-hetero) is 1. The van der Waals surface area contributed by atoms with Gasteiger partial charge in [-0.05, 0) is 58.7 Å². The molecule has 0 aliphatic carbocycles. The third-order valence-electron chi connectivity index (χ3n) is 7.70. The minimum Gasteiger partial charge on any atom is -0.378 e. The molecule has 3 aromatic carbocycles. The summed E-state index contributed by atoms with van der Waals surface area (Å²) in [5.74, 6) is 1.12. The summed E-state index contributed by atoms with van der Waals surface area (Å²) in [4.78, 5) is 33.3. The van der Waals surface area contributed by atoms with Crippen molar-refractivity contribution in [3.05, 3.63) is 109 Å². The monoisotopic (exact) mass is 542 g/mol. The second-order valence-electron chi connectivity index (χ2n) is 10.8. The highest BCUT2D eigenvalue weighted by atomic mass is 16.1. The topological polar surface area (TPSA) is 65.5 Å². The summed E-state index contributed by atoms with van der Waals surface area (Å²) in [6, 6.07) is 26.8. The molecule has 0 amide bonds. The van der Waals surface area contributed by atoms with E-state index in [1.165, 1.54) is 5.69 Å². The molecule has 5 aromatic rings. The number of carbonyl (C=O) groups is 1. The molecule has 1 aliphatic rings. The Labute approximate surface area is 241 Å². The van der Waals surface area contributed by atoms with Crippen molar-refractivity contribution in [3.63, 3.8) is 0 Å². The number of fused-ring (bicyclic) bond motifs is 1. The number of rotatable bonds is 8. The molecule has 1 fully saturated rings. The zero-order valence-corrected chi connectivity index (χ0v) is 23.6. The van der Waals surface area contributed by atoms with Crippen LogP contribution in [0, 0.1) is 0 Å². The van der Waals surface area contributed by atoms with Gasteiger partial charge in [-0.25, -0.2) is 4.98 Å². The van der Waals surface area contributed by atoms with E-state index in [0.29, 0.717) is 12.8 Å². The maximum atomic E-state index is 12.7. The van der Waals surface area contributed by atoms with Gasteiger partial charge in [0.1, 0.15) is 11.6 Å². The molecule has 1 aliphatic heterocycles. The second kappa shape index (κ2) is 11.8. The van der Waals surface area contributed by atoms with Crippen molar-refractivity contribution >= 4 is 34.0 Å². The van der Waals surface area contributed by atoms with Crippen LogP contribution in [0.25, 0.3) is 22.2 Å². The maximum Gasteiger partial charge on any atom is 0.147 e. The van der Waals surface area contributed by atoms with Crippen molar-refractivity contribution in [3.8, 4) is 11.1 Å². The number of hydrogen-bond donors (Lipinski definition) is 0. The summed E-state index contributed by atoms with van der Waals surface area (Å²) in [5, 5.41) is 0. The SMILES string of the molecule is CN(C)c1ccc(CC(=O)Cc2ccc(-c3ccc4ncc(N5CCN(c6ccncc6)CC5)nc4c3)cc2)cc1. The summed E-state index contributed by atoms with van der Waals surface area (Å²) in [5.41, 5.74) is 8.37. The summed E-state index contributed by atoms with van der Waals surface area (Å²) in [6.07, 6.45) is 6.44. The predicted molar refractivity (Wildman–Crippen MR) is 167 cm³/mol. The molecule has 0 atom stereocenters.